The molecule has 4 heteroatoms. The van der Waals surface area contributed by atoms with Crippen molar-refractivity contribution < 1.29 is 4.79 Å². The molecule has 0 aromatic heterocycles. The van der Waals surface area contributed by atoms with Gasteiger partial charge in [0, 0.05) is 23.8 Å². The van der Waals surface area contributed by atoms with E-state index in [9.17, 15) is 4.79 Å². The minimum absolute atomic E-state index is 0.108. The van der Waals surface area contributed by atoms with Crippen LogP contribution in [0.4, 0.5) is 5.69 Å². The van der Waals surface area contributed by atoms with Gasteiger partial charge in [-0.1, -0.05) is 17.7 Å². The molecule has 1 unspecified atom stereocenters. The van der Waals surface area contributed by atoms with Gasteiger partial charge in [-0.3, -0.25) is 4.79 Å². The van der Waals surface area contributed by atoms with Gasteiger partial charge in [-0.15, -0.1) is 0 Å². The zero-order valence-corrected chi connectivity index (χ0v) is 10.2. The van der Waals surface area contributed by atoms with Gasteiger partial charge in [0.25, 0.3) is 0 Å². The number of rotatable bonds is 1. The molecule has 1 amide bonds. The van der Waals surface area contributed by atoms with Gasteiger partial charge in [0.1, 0.15) is 0 Å². The molecule has 1 aromatic rings. The Hall–Kier alpha value is -1.06. The Morgan fingerprint density at radius 2 is 2.25 bits per heavy atom. The van der Waals surface area contributed by atoms with Gasteiger partial charge in [-0.05, 0) is 31.5 Å². The quantitative estimate of drug-likeness (QED) is 0.812. The average Bonchev–Trinajstić information content (AvgIpc) is 2.27. The van der Waals surface area contributed by atoms with Crippen molar-refractivity contribution in [1.29, 1.82) is 0 Å². The van der Waals surface area contributed by atoms with Gasteiger partial charge >= 0.3 is 0 Å². The largest absolute Gasteiger partial charge is 0.309 e. The lowest BCUT2D eigenvalue weighted by molar-refractivity contribution is -0.121. The number of carbonyl (C=O) groups excluding carboxylic acids is 1. The van der Waals surface area contributed by atoms with Crippen LogP contribution in [0.15, 0.2) is 18.2 Å². The molecule has 1 N–H and O–H groups in total. The first-order chi connectivity index (χ1) is 7.61. The number of hydrogen-bond donors (Lipinski definition) is 1. The molecule has 0 saturated carbocycles. The highest BCUT2D eigenvalue weighted by atomic mass is 35.5. The van der Waals surface area contributed by atoms with Crippen molar-refractivity contribution >= 4 is 23.2 Å². The molecular weight excluding hydrogens is 224 g/mol. The van der Waals surface area contributed by atoms with E-state index in [1.54, 1.807) is 0 Å². The number of benzene rings is 1. The van der Waals surface area contributed by atoms with Crippen molar-refractivity contribution in [3.63, 3.8) is 0 Å². The van der Waals surface area contributed by atoms with Crippen LogP contribution in [0.1, 0.15) is 12.5 Å². The Labute approximate surface area is 100 Å². The summed E-state index contributed by atoms with van der Waals surface area (Å²) in [6.45, 7) is 5.34. The monoisotopic (exact) mass is 238 g/mol. The van der Waals surface area contributed by atoms with Gasteiger partial charge in [0.2, 0.25) is 5.91 Å². The first kappa shape index (κ1) is 11.4. The molecule has 1 atom stereocenters. The van der Waals surface area contributed by atoms with Crippen LogP contribution >= 0.6 is 11.6 Å². The molecule has 16 heavy (non-hydrogen) atoms. The molecule has 1 heterocycles. The second kappa shape index (κ2) is 4.44. The van der Waals surface area contributed by atoms with Crippen molar-refractivity contribution in [1.82, 2.24) is 5.32 Å². The fraction of sp³-hybridized carbons (Fsp3) is 0.417. The van der Waals surface area contributed by atoms with Gasteiger partial charge in [-0.2, -0.15) is 0 Å². The fourth-order valence-corrected chi connectivity index (χ4v) is 2.12. The Morgan fingerprint density at radius 1 is 1.50 bits per heavy atom. The van der Waals surface area contributed by atoms with E-state index in [1.165, 1.54) is 0 Å². The van der Waals surface area contributed by atoms with E-state index in [4.69, 9.17) is 11.6 Å². The number of halogens is 1. The summed E-state index contributed by atoms with van der Waals surface area (Å²) >= 11 is 6.06. The van der Waals surface area contributed by atoms with Crippen LogP contribution in [0.25, 0.3) is 0 Å². The first-order valence-electron chi connectivity index (χ1n) is 5.41. The second-order valence-corrected chi connectivity index (χ2v) is 4.46. The molecule has 1 fully saturated rings. The maximum Gasteiger partial charge on any atom is 0.243 e. The van der Waals surface area contributed by atoms with E-state index < -0.39 is 0 Å². The van der Waals surface area contributed by atoms with Crippen LogP contribution in [0.5, 0.6) is 0 Å². The molecular formula is C12H15ClN2O. The number of hydrogen-bond acceptors (Lipinski definition) is 2. The Balaban J connectivity index is 2.36. The molecule has 1 aromatic carbocycles. The Bertz CT molecular complexity index is 419. The maximum atomic E-state index is 12.0. The number of piperazine rings is 1. The van der Waals surface area contributed by atoms with Gasteiger partial charge in [-0.25, -0.2) is 0 Å². The minimum Gasteiger partial charge on any atom is -0.309 e. The molecule has 1 saturated heterocycles. The molecule has 1 aliphatic rings. The smallest absolute Gasteiger partial charge is 0.243 e. The predicted octanol–water partition coefficient (Wildman–Crippen LogP) is 1.97. The summed E-state index contributed by atoms with van der Waals surface area (Å²) in [4.78, 5) is 13.8. The number of amides is 1. The van der Waals surface area contributed by atoms with Crippen LogP contribution in [0, 0.1) is 6.92 Å². The third-order valence-corrected chi connectivity index (χ3v) is 3.36. The Kier molecular flexibility index (Phi) is 3.17. The molecule has 2 rings (SSSR count). The van der Waals surface area contributed by atoms with Crippen LogP contribution in [0.3, 0.4) is 0 Å². The summed E-state index contributed by atoms with van der Waals surface area (Å²) in [7, 11) is 0. The summed E-state index contributed by atoms with van der Waals surface area (Å²) in [5.74, 6) is 0.108. The van der Waals surface area contributed by atoms with Crippen LogP contribution in [-0.2, 0) is 4.79 Å². The van der Waals surface area contributed by atoms with Crippen LogP contribution in [0.2, 0.25) is 5.02 Å². The maximum absolute atomic E-state index is 12.0. The second-order valence-electron chi connectivity index (χ2n) is 4.05. The topological polar surface area (TPSA) is 32.3 Å². The normalized spacial score (nSPS) is 21.3. The Morgan fingerprint density at radius 3 is 3.00 bits per heavy atom. The third-order valence-electron chi connectivity index (χ3n) is 2.95. The molecule has 0 bridgehead atoms. The summed E-state index contributed by atoms with van der Waals surface area (Å²) in [5.41, 5.74) is 1.89. The summed E-state index contributed by atoms with van der Waals surface area (Å²) in [6, 6.07) is 5.55. The summed E-state index contributed by atoms with van der Waals surface area (Å²) < 4.78 is 0. The standard InChI is InChI=1S/C12H15ClN2O/c1-8-10(13)4-3-5-11(8)15-7-6-14-9(2)12(15)16/h3-5,9,14H,6-7H2,1-2H3. The van der Waals surface area contributed by atoms with Crippen molar-refractivity contribution in [2.75, 3.05) is 18.0 Å². The molecule has 1 aliphatic heterocycles. The molecule has 0 radical (unpaired) electrons. The van der Waals surface area contributed by atoms with Gasteiger partial charge < -0.3 is 10.2 Å². The summed E-state index contributed by atoms with van der Waals surface area (Å²) in [6.07, 6.45) is 0. The van der Waals surface area contributed by atoms with Crippen molar-refractivity contribution in [2.24, 2.45) is 0 Å². The molecule has 3 nitrogen and oxygen atoms in total. The summed E-state index contributed by atoms with van der Waals surface area (Å²) in [5, 5.41) is 3.85. The van der Waals surface area contributed by atoms with Crippen molar-refractivity contribution in [3.05, 3.63) is 28.8 Å². The number of anilines is 1. The van der Waals surface area contributed by atoms with E-state index >= 15 is 0 Å². The van der Waals surface area contributed by atoms with E-state index in [-0.39, 0.29) is 11.9 Å². The third kappa shape index (κ3) is 1.93. The van der Waals surface area contributed by atoms with E-state index in [0.29, 0.717) is 11.6 Å². The lowest BCUT2D eigenvalue weighted by Crippen LogP contribution is -2.54. The van der Waals surface area contributed by atoms with Crippen molar-refractivity contribution in [2.45, 2.75) is 19.9 Å². The fourth-order valence-electron chi connectivity index (χ4n) is 1.95. The lowest BCUT2D eigenvalue weighted by atomic mass is 10.1. The molecule has 0 spiro atoms. The van der Waals surface area contributed by atoms with Gasteiger partial charge in [0.05, 0.1) is 6.04 Å². The highest BCUT2D eigenvalue weighted by Crippen LogP contribution is 2.27. The zero-order valence-electron chi connectivity index (χ0n) is 9.46. The van der Waals surface area contributed by atoms with Crippen LogP contribution in [-0.4, -0.2) is 25.0 Å². The first-order valence-corrected chi connectivity index (χ1v) is 5.79. The van der Waals surface area contributed by atoms with E-state index in [1.807, 2.05) is 36.9 Å². The van der Waals surface area contributed by atoms with Gasteiger partial charge in [0.15, 0.2) is 0 Å². The number of nitrogens with zero attached hydrogens (tertiary/aromatic N) is 1. The zero-order chi connectivity index (χ0) is 11.7. The SMILES string of the molecule is Cc1c(Cl)cccc1N1CCNC(C)C1=O. The number of nitrogens with one attached hydrogen (secondary N) is 1. The van der Waals surface area contributed by atoms with E-state index in [0.717, 1.165) is 17.8 Å². The van der Waals surface area contributed by atoms with Crippen molar-refractivity contribution in [3.8, 4) is 0 Å². The average molecular weight is 239 g/mol. The lowest BCUT2D eigenvalue weighted by Gasteiger charge is -2.32. The predicted molar refractivity (Wildman–Crippen MR) is 66.0 cm³/mol. The minimum atomic E-state index is -0.118. The highest BCUT2D eigenvalue weighted by Gasteiger charge is 2.26. The van der Waals surface area contributed by atoms with E-state index in [2.05, 4.69) is 5.32 Å². The van der Waals surface area contributed by atoms with Crippen LogP contribution < -0.4 is 10.2 Å². The molecule has 86 valence electrons. The molecule has 0 aliphatic carbocycles. The number of carbonyl (C=O) groups is 1. The highest BCUT2D eigenvalue weighted by molar-refractivity contribution is 6.31.